The number of unbranched alkanes of at least 4 members (excludes halogenated alkanes) is 9. The molecular weight excluding hydrogens is 771 g/mol. The van der Waals surface area contributed by atoms with Gasteiger partial charge in [0.15, 0.2) is 0 Å². The Bertz CT molecular complexity index is 1080. The number of β-amino-alcohol motifs (C(OH)–C–C–N with tert-alkyl or cyclic N) is 1. The second-order valence-electron chi connectivity index (χ2n) is 14.8. The van der Waals surface area contributed by atoms with Crippen molar-refractivity contribution in [2.24, 2.45) is 5.92 Å². The van der Waals surface area contributed by atoms with Crippen LogP contribution in [-0.4, -0.2) is 105 Å². The molecule has 1 aliphatic carbocycles. The highest BCUT2D eigenvalue weighted by molar-refractivity contribution is 8.76. The van der Waals surface area contributed by atoms with E-state index < -0.39 is 21.3 Å². The van der Waals surface area contributed by atoms with Gasteiger partial charge in [0.05, 0.1) is 32.0 Å². The zero-order chi connectivity index (χ0) is 40.1. The van der Waals surface area contributed by atoms with E-state index in [4.69, 9.17) is 22.8 Å². The van der Waals surface area contributed by atoms with Crippen molar-refractivity contribution in [2.45, 2.75) is 161 Å². The number of aliphatic hydroxyl groups is 1. The van der Waals surface area contributed by atoms with Crippen molar-refractivity contribution >= 4 is 48.8 Å². The van der Waals surface area contributed by atoms with Crippen LogP contribution in [0.3, 0.4) is 0 Å². The SMILES string of the molecule is CCCCC.COP(C)(=O)OCCCCCSSCCCCCCOP(C)(=O)OC[C@@H]1CC(O)CN1C(=O)CCCCCNC(=O)O[C@@H]1CCC[C@H](C)C1. The van der Waals surface area contributed by atoms with Crippen LogP contribution in [0.15, 0.2) is 0 Å². The van der Waals surface area contributed by atoms with Crippen molar-refractivity contribution < 1.29 is 46.7 Å². The fourth-order valence-electron chi connectivity index (χ4n) is 6.25. The van der Waals surface area contributed by atoms with Gasteiger partial charge in [0.25, 0.3) is 0 Å². The van der Waals surface area contributed by atoms with E-state index in [2.05, 4.69) is 26.1 Å². The molecule has 16 heteroatoms. The molecule has 0 spiro atoms. The smallest absolute Gasteiger partial charge is 0.407 e. The molecule has 1 saturated heterocycles. The summed E-state index contributed by atoms with van der Waals surface area (Å²) in [4.78, 5) is 26.6. The predicted molar refractivity (Wildman–Crippen MR) is 225 cm³/mol. The maximum absolute atomic E-state index is 12.9. The number of nitrogens with one attached hydrogen (secondary N) is 1. The van der Waals surface area contributed by atoms with E-state index in [1.165, 1.54) is 46.1 Å². The van der Waals surface area contributed by atoms with Crippen LogP contribution >= 0.6 is 36.8 Å². The molecule has 2 aliphatic rings. The van der Waals surface area contributed by atoms with E-state index in [0.717, 1.165) is 88.6 Å². The second-order valence-corrected chi connectivity index (χ2v) is 21.7. The number of nitrogens with zero attached hydrogens (tertiary/aromatic N) is 1. The first kappa shape index (κ1) is 51.7. The van der Waals surface area contributed by atoms with Crippen LogP contribution in [0.2, 0.25) is 0 Å². The molecule has 0 aromatic carbocycles. The van der Waals surface area contributed by atoms with Gasteiger partial charge in [-0.2, -0.15) is 0 Å². The minimum absolute atomic E-state index is 0.0133. The van der Waals surface area contributed by atoms with Gasteiger partial charge in [0.1, 0.15) is 6.10 Å². The van der Waals surface area contributed by atoms with Gasteiger partial charge >= 0.3 is 21.3 Å². The third-order valence-corrected chi connectivity index (χ3v) is 14.6. The number of rotatable bonds is 29. The maximum Gasteiger partial charge on any atom is 0.407 e. The van der Waals surface area contributed by atoms with Crippen molar-refractivity contribution in [3.05, 3.63) is 0 Å². The molecule has 0 aromatic heterocycles. The van der Waals surface area contributed by atoms with Gasteiger partial charge in [-0.1, -0.05) is 93.7 Å². The largest absolute Gasteiger partial charge is 0.446 e. The third-order valence-electron chi connectivity index (χ3n) is 9.48. The summed E-state index contributed by atoms with van der Waals surface area (Å²) in [5.74, 6) is 2.72. The maximum atomic E-state index is 12.9. The molecule has 2 fully saturated rings. The molecule has 0 aromatic rings. The molecule has 1 heterocycles. The van der Waals surface area contributed by atoms with E-state index in [1.807, 2.05) is 21.6 Å². The van der Waals surface area contributed by atoms with E-state index in [0.29, 0.717) is 44.9 Å². The summed E-state index contributed by atoms with van der Waals surface area (Å²) >= 11 is 0. The average molecular weight is 847 g/mol. The minimum Gasteiger partial charge on any atom is -0.446 e. The van der Waals surface area contributed by atoms with Gasteiger partial charge in [-0.25, -0.2) is 4.79 Å². The quantitative estimate of drug-likeness (QED) is 0.0419. The Morgan fingerprint density at radius 3 is 2.02 bits per heavy atom. The van der Waals surface area contributed by atoms with Gasteiger partial charge in [-0.3, -0.25) is 13.9 Å². The number of ether oxygens (including phenoxy) is 1. The number of amides is 2. The molecule has 0 bridgehead atoms. The van der Waals surface area contributed by atoms with Crippen molar-refractivity contribution in [2.75, 3.05) is 64.9 Å². The summed E-state index contributed by atoms with van der Waals surface area (Å²) in [5.41, 5.74) is 0. The molecule has 12 nitrogen and oxygen atoms in total. The van der Waals surface area contributed by atoms with Crippen LogP contribution in [0.5, 0.6) is 0 Å². The molecular formula is C38H76N2O10P2S2. The second kappa shape index (κ2) is 31.7. The Morgan fingerprint density at radius 2 is 1.41 bits per heavy atom. The van der Waals surface area contributed by atoms with E-state index in [-0.39, 0.29) is 37.3 Å². The fourth-order valence-corrected chi connectivity index (χ4v) is 10.1. The Hall–Kier alpha value is -0.300. The van der Waals surface area contributed by atoms with Gasteiger partial charge in [0.2, 0.25) is 5.91 Å². The van der Waals surface area contributed by atoms with Crippen LogP contribution in [0.4, 0.5) is 4.79 Å². The standard InChI is InChI=1S/C33H64N2O10P2S2.C5H12/c1-28-16-15-17-31(24-28)45-33(38)34-19-10-7-9-18-32(37)35-26-30(36)25-29(35)27-44-47(4,40)43-21-11-5-6-13-22-48-49-23-14-8-12-20-42-46(3,39)41-2;1-3-5-4-2/h28-31,36H,5-27H2,1-4H3,(H,34,38);3-5H2,1-2H3/t28-,29-,30?,31+,46?,47?;/m0./s1. The average Bonchev–Trinajstić information content (AvgIpc) is 3.51. The number of likely N-dealkylation sites (tertiary alicyclic amines) is 1. The minimum atomic E-state index is -3.27. The molecule has 320 valence electrons. The van der Waals surface area contributed by atoms with Crippen molar-refractivity contribution in [3.63, 3.8) is 0 Å². The van der Waals surface area contributed by atoms with Crippen LogP contribution in [-0.2, 0) is 36.8 Å². The van der Waals surface area contributed by atoms with Crippen molar-refractivity contribution in [3.8, 4) is 0 Å². The van der Waals surface area contributed by atoms with Gasteiger partial charge < -0.3 is 38.2 Å². The fraction of sp³-hybridized carbons (Fsp3) is 0.947. The van der Waals surface area contributed by atoms with Crippen LogP contribution < -0.4 is 5.32 Å². The number of carbonyl (C=O) groups excluding carboxylic acids is 2. The Balaban J connectivity index is 0.00000272. The Labute approximate surface area is 336 Å². The van der Waals surface area contributed by atoms with Gasteiger partial charge in [-0.05, 0) is 70.1 Å². The Morgan fingerprint density at radius 1 is 0.796 bits per heavy atom. The van der Waals surface area contributed by atoms with Crippen molar-refractivity contribution in [1.29, 1.82) is 0 Å². The lowest BCUT2D eigenvalue weighted by Crippen LogP contribution is -2.38. The summed E-state index contributed by atoms with van der Waals surface area (Å²) in [6, 6.07) is -0.333. The lowest BCUT2D eigenvalue weighted by molar-refractivity contribution is -0.133. The summed E-state index contributed by atoms with van der Waals surface area (Å²) in [5, 5.41) is 13.0. The zero-order valence-corrected chi connectivity index (χ0v) is 37.9. The van der Waals surface area contributed by atoms with Gasteiger partial charge in [-0.15, -0.1) is 0 Å². The summed E-state index contributed by atoms with van der Waals surface area (Å²) in [6.07, 6.45) is 17.3. The molecule has 54 heavy (non-hydrogen) atoms. The zero-order valence-electron chi connectivity index (χ0n) is 34.5. The van der Waals surface area contributed by atoms with Gasteiger partial charge in [0, 0.05) is 51.5 Å². The first-order valence-corrected chi connectivity index (χ1v) is 27.1. The van der Waals surface area contributed by atoms with E-state index >= 15 is 0 Å². The normalized spacial score (nSPS) is 22.2. The molecule has 1 saturated carbocycles. The number of alkyl carbamates (subject to hydrolysis) is 1. The Kier molecular flexibility index (Phi) is 30.3. The third kappa shape index (κ3) is 27.4. The van der Waals surface area contributed by atoms with Crippen LogP contribution in [0.1, 0.15) is 143 Å². The van der Waals surface area contributed by atoms with Crippen LogP contribution in [0.25, 0.3) is 0 Å². The van der Waals surface area contributed by atoms with E-state index in [9.17, 15) is 23.8 Å². The topological polar surface area (TPSA) is 150 Å². The summed E-state index contributed by atoms with van der Waals surface area (Å²) < 4.78 is 51.3. The van der Waals surface area contributed by atoms with E-state index in [1.54, 1.807) is 4.90 Å². The monoisotopic (exact) mass is 846 g/mol. The molecule has 2 N–H and O–H groups in total. The first-order chi connectivity index (χ1) is 25.8. The number of carbonyl (C=O) groups is 2. The number of hydrogen-bond acceptors (Lipinski definition) is 12. The molecule has 6 atom stereocenters. The van der Waals surface area contributed by atoms with Crippen LogP contribution in [0, 0.1) is 5.92 Å². The predicted octanol–water partition coefficient (Wildman–Crippen LogP) is 10.5. The highest BCUT2D eigenvalue weighted by Gasteiger charge is 2.35. The lowest BCUT2D eigenvalue weighted by atomic mass is 9.89. The molecule has 3 unspecified atom stereocenters. The summed E-state index contributed by atoms with van der Waals surface area (Å²) in [6.45, 7) is 11.2. The molecule has 1 aliphatic heterocycles. The molecule has 2 amide bonds. The highest BCUT2D eigenvalue weighted by atomic mass is 33.1. The number of hydrogen-bond donors (Lipinski definition) is 2. The first-order valence-electron chi connectivity index (χ1n) is 20.6. The number of aliphatic hydroxyl groups excluding tert-OH is 1. The highest BCUT2D eigenvalue weighted by Crippen LogP contribution is 2.45. The van der Waals surface area contributed by atoms with Crippen molar-refractivity contribution in [1.82, 2.24) is 10.2 Å². The molecule has 0 radical (unpaired) electrons. The summed E-state index contributed by atoms with van der Waals surface area (Å²) in [7, 11) is -0.958. The molecule has 2 rings (SSSR count). The lowest BCUT2D eigenvalue weighted by Gasteiger charge is -2.26.